The Hall–Kier alpha value is -3.46. The average Bonchev–Trinajstić information content (AvgIpc) is 2.99. The van der Waals surface area contributed by atoms with Gasteiger partial charge in [-0.2, -0.15) is 0 Å². The lowest BCUT2D eigenvalue weighted by Gasteiger charge is -2.18. The third kappa shape index (κ3) is 3.72. The summed E-state index contributed by atoms with van der Waals surface area (Å²) in [6.07, 6.45) is 1.86. The Morgan fingerprint density at radius 2 is 1.59 bits per heavy atom. The molecule has 0 unspecified atom stereocenters. The van der Waals surface area contributed by atoms with Crippen molar-refractivity contribution in [2.24, 2.45) is 4.99 Å². The molecule has 1 heterocycles. The van der Waals surface area contributed by atoms with E-state index in [2.05, 4.69) is 6.07 Å². The van der Waals surface area contributed by atoms with Crippen molar-refractivity contribution in [3.8, 4) is 0 Å². The number of hydrogen-bond acceptors (Lipinski definition) is 2. The van der Waals surface area contributed by atoms with Crippen molar-refractivity contribution in [2.45, 2.75) is 13.5 Å². The largest absolute Gasteiger partial charge is 0.286 e. The summed E-state index contributed by atoms with van der Waals surface area (Å²) in [6.45, 7) is 2.54. The fraction of sp³-hybridized carbons (Fsp3) is 0.0833. The van der Waals surface area contributed by atoms with Crippen molar-refractivity contribution in [3.63, 3.8) is 0 Å². The van der Waals surface area contributed by atoms with E-state index >= 15 is 0 Å². The second-order valence-electron chi connectivity index (χ2n) is 6.62. The molecule has 0 spiro atoms. The van der Waals surface area contributed by atoms with Gasteiger partial charge in [0.1, 0.15) is 11.5 Å². The molecule has 0 N–H and O–H groups in total. The predicted octanol–water partition coefficient (Wildman–Crippen LogP) is 4.83. The second-order valence-corrected chi connectivity index (χ2v) is 6.62. The average molecular weight is 352 g/mol. The van der Waals surface area contributed by atoms with Crippen LogP contribution >= 0.6 is 0 Å². The Morgan fingerprint density at radius 1 is 0.889 bits per heavy atom. The maximum Gasteiger partial charge on any atom is 0.278 e. The van der Waals surface area contributed by atoms with Crippen LogP contribution in [0.25, 0.3) is 6.08 Å². The molecule has 0 bridgehead atoms. The van der Waals surface area contributed by atoms with E-state index in [1.54, 1.807) is 4.90 Å². The number of nitrogens with zero attached hydrogens (tertiary/aromatic N) is 2. The van der Waals surface area contributed by atoms with Gasteiger partial charge in [-0.25, -0.2) is 4.99 Å². The second kappa shape index (κ2) is 7.42. The zero-order valence-electron chi connectivity index (χ0n) is 15.2. The first-order valence-corrected chi connectivity index (χ1v) is 8.99. The lowest BCUT2D eigenvalue weighted by atomic mass is 10.1. The van der Waals surface area contributed by atoms with E-state index in [0.29, 0.717) is 18.1 Å². The predicted molar refractivity (Wildman–Crippen MR) is 109 cm³/mol. The molecule has 0 saturated heterocycles. The normalized spacial score (nSPS) is 15.3. The molecule has 0 aliphatic carbocycles. The van der Waals surface area contributed by atoms with E-state index in [1.165, 1.54) is 0 Å². The number of rotatable bonds is 4. The summed E-state index contributed by atoms with van der Waals surface area (Å²) in [5.74, 6) is 0.627. The molecule has 0 aromatic heterocycles. The van der Waals surface area contributed by atoms with Gasteiger partial charge in [-0.3, -0.25) is 9.69 Å². The fourth-order valence-electron chi connectivity index (χ4n) is 3.19. The van der Waals surface area contributed by atoms with Crippen LogP contribution in [-0.4, -0.2) is 16.6 Å². The van der Waals surface area contributed by atoms with Crippen molar-refractivity contribution >= 4 is 17.8 Å². The van der Waals surface area contributed by atoms with E-state index in [1.807, 2.05) is 91.9 Å². The molecule has 3 aromatic rings. The molecule has 0 fully saturated rings. The highest BCUT2D eigenvalue weighted by molar-refractivity contribution is 6.19. The van der Waals surface area contributed by atoms with E-state index in [-0.39, 0.29) is 5.91 Å². The van der Waals surface area contributed by atoms with E-state index in [0.717, 1.165) is 22.3 Å². The van der Waals surface area contributed by atoms with Gasteiger partial charge < -0.3 is 0 Å². The summed E-state index contributed by atoms with van der Waals surface area (Å²) in [7, 11) is 0. The summed E-state index contributed by atoms with van der Waals surface area (Å²) in [5.41, 5.74) is 4.62. The third-order valence-electron chi connectivity index (χ3n) is 4.51. The van der Waals surface area contributed by atoms with Crippen LogP contribution in [0.5, 0.6) is 0 Å². The monoisotopic (exact) mass is 352 g/mol. The lowest BCUT2D eigenvalue weighted by Crippen LogP contribution is -2.32. The van der Waals surface area contributed by atoms with Gasteiger partial charge in [-0.15, -0.1) is 0 Å². The highest BCUT2D eigenvalue weighted by Crippen LogP contribution is 2.24. The minimum absolute atomic E-state index is 0.0702. The van der Waals surface area contributed by atoms with Crippen LogP contribution in [0.15, 0.2) is 95.6 Å². The Balaban J connectivity index is 1.74. The summed E-state index contributed by atoms with van der Waals surface area (Å²) < 4.78 is 0. The SMILES string of the molecule is Cc1cccc(C=C2N=C(c3ccccc3)N(Cc3ccccc3)C2=O)c1. The molecule has 3 heteroatoms. The molecule has 3 aromatic carbocycles. The Kier molecular flexibility index (Phi) is 4.67. The summed E-state index contributed by atoms with van der Waals surface area (Å²) in [4.78, 5) is 19.6. The van der Waals surface area contributed by atoms with Crippen molar-refractivity contribution in [3.05, 3.63) is 113 Å². The van der Waals surface area contributed by atoms with Gasteiger partial charge >= 0.3 is 0 Å². The molecular formula is C24H20N2O. The van der Waals surface area contributed by atoms with Gasteiger partial charge in [0, 0.05) is 5.56 Å². The number of aliphatic imine (C=N–C) groups is 1. The Labute approximate surface area is 159 Å². The summed E-state index contributed by atoms with van der Waals surface area (Å²) in [5, 5.41) is 0. The summed E-state index contributed by atoms with van der Waals surface area (Å²) in [6, 6.07) is 27.9. The van der Waals surface area contributed by atoms with Crippen LogP contribution in [0.3, 0.4) is 0 Å². The molecule has 1 aliphatic rings. The molecule has 0 saturated carbocycles. The molecule has 0 radical (unpaired) electrons. The number of amides is 1. The van der Waals surface area contributed by atoms with Gasteiger partial charge in [-0.05, 0) is 24.1 Å². The van der Waals surface area contributed by atoms with Gasteiger partial charge in [-0.1, -0.05) is 90.5 Å². The highest BCUT2D eigenvalue weighted by Gasteiger charge is 2.31. The highest BCUT2D eigenvalue weighted by atomic mass is 16.2. The minimum atomic E-state index is -0.0702. The number of amidine groups is 1. The molecule has 1 aliphatic heterocycles. The quantitative estimate of drug-likeness (QED) is 0.619. The van der Waals surface area contributed by atoms with Crippen molar-refractivity contribution in [1.29, 1.82) is 0 Å². The molecular weight excluding hydrogens is 332 g/mol. The number of hydrogen-bond donors (Lipinski definition) is 0. The standard InChI is InChI=1S/C24H20N2O/c1-18-9-8-12-20(15-18)16-22-24(27)26(17-19-10-4-2-5-11-19)23(25-22)21-13-6-3-7-14-21/h2-16H,17H2,1H3. The van der Waals surface area contributed by atoms with E-state index < -0.39 is 0 Å². The minimum Gasteiger partial charge on any atom is -0.286 e. The molecule has 27 heavy (non-hydrogen) atoms. The van der Waals surface area contributed by atoms with Crippen molar-refractivity contribution in [2.75, 3.05) is 0 Å². The molecule has 132 valence electrons. The van der Waals surface area contributed by atoms with Crippen molar-refractivity contribution < 1.29 is 4.79 Å². The third-order valence-corrected chi connectivity index (χ3v) is 4.51. The van der Waals surface area contributed by atoms with Crippen molar-refractivity contribution in [1.82, 2.24) is 4.90 Å². The molecule has 1 amide bonds. The number of benzene rings is 3. The van der Waals surface area contributed by atoms with Crippen LogP contribution in [0.2, 0.25) is 0 Å². The maximum absolute atomic E-state index is 13.1. The van der Waals surface area contributed by atoms with Gasteiger partial charge in [0.15, 0.2) is 0 Å². The Bertz CT molecular complexity index is 1020. The van der Waals surface area contributed by atoms with Crippen LogP contribution in [-0.2, 0) is 11.3 Å². The molecule has 0 atom stereocenters. The zero-order chi connectivity index (χ0) is 18.6. The first-order valence-electron chi connectivity index (χ1n) is 8.99. The molecule has 3 nitrogen and oxygen atoms in total. The van der Waals surface area contributed by atoms with E-state index in [9.17, 15) is 4.79 Å². The van der Waals surface area contributed by atoms with Crippen LogP contribution < -0.4 is 0 Å². The maximum atomic E-state index is 13.1. The summed E-state index contributed by atoms with van der Waals surface area (Å²) >= 11 is 0. The van der Waals surface area contributed by atoms with Gasteiger partial charge in [0.25, 0.3) is 5.91 Å². The number of aryl methyl sites for hydroxylation is 1. The van der Waals surface area contributed by atoms with Crippen LogP contribution in [0, 0.1) is 6.92 Å². The van der Waals surface area contributed by atoms with Gasteiger partial charge in [0.05, 0.1) is 6.54 Å². The number of carbonyl (C=O) groups excluding carboxylic acids is 1. The fourth-order valence-corrected chi connectivity index (χ4v) is 3.19. The Morgan fingerprint density at radius 3 is 2.30 bits per heavy atom. The smallest absolute Gasteiger partial charge is 0.278 e. The first-order chi connectivity index (χ1) is 13.2. The van der Waals surface area contributed by atoms with E-state index in [4.69, 9.17) is 4.99 Å². The lowest BCUT2D eigenvalue weighted by molar-refractivity contribution is -0.123. The topological polar surface area (TPSA) is 32.7 Å². The number of carbonyl (C=O) groups is 1. The van der Waals surface area contributed by atoms with Crippen LogP contribution in [0.1, 0.15) is 22.3 Å². The first kappa shape index (κ1) is 17.0. The van der Waals surface area contributed by atoms with Crippen LogP contribution in [0.4, 0.5) is 0 Å². The molecule has 4 rings (SSSR count). The van der Waals surface area contributed by atoms with Gasteiger partial charge in [0.2, 0.25) is 0 Å². The zero-order valence-corrected chi connectivity index (χ0v) is 15.2.